The summed E-state index contributed by atoms with van der Waals surface area (Å²) >= 11 is 0. The van der Waals surface area contributed by atoms with Crippen LogP contribution in [0.15, 0.2) is 48.5 Å². The highest BCUT2D eigenvalue weighted by Gasteiger charge is 2.42. The standard InChI is InChI=1S/C24H31NO4S/c1-24(2,3)17-10-13-21-20(14-17)23-19(22(25-21)16-8-6-5-7-9-16)12-11-18(29-23)15-28-30(4,26)27/h5-10,13-14,18-19,22-23,25H,11-12,15H2,1-4H3/t18-,19+,22+,23+/m1/s1. The minimum atomic E-state index is -3.49. The lowest BCUT2D eigenvalue weighted by Crippen LogP contribution is -2.40. The summed E-state index contributed by atoms with van der Waals surface area (Å²) in [5.74, 6) is 0.268. The van der Waals surface area contributed by atoms with Crippen LogP contribution in [0.5, 0.6) is 0 Å². The molecule has 0 bridgehead atoms. The lowest BCUT2D eigenvalue weighted by atomic mass is 9.75. The molecule has 2 heterocycles. The van der Waals surface area contributed by atoms with Crippen molar-refractivity contribution in [2.24, 2.45) is 5.92 Å². The summed E-state index contributed by atoms with van der Waals surface area (Å²) in [6, 6.07) is 17.2. The van der Waals surface area contributed by atoms with E-state index in [0.717, 1.165) is 30.3 Å². The summed E-state index contributed by atoms with van der Waals surface area (Å²) in [4.78, 5) is 0. The predicted octanol–water partition coefficient (Wildman–Crippen LogP) is 4.96. The Balaban J connectivity index is 1.69. The van der Waals surface area contributed by atoms with Crippen molar-refractivity contribution in [3.8, 4) is 0 Å². The zero-order valence-electron chi connectivity index (χ0n) is 18.1. The Kier molecular flexibility index (Phi) is 5.68. The second-order valence-electron chi connectivity index (χ2n) is 9.49. The molecule has 162 valence electrons. The van der Waals surface area contributed by atoms with E-state index >= 15 is 0 Å². The van der Waals surface area contributed by atoms with Crippen LogP contribution in [0.2, 0.25) is 0 Å². The van der Waals surface area contributed by atoms with E-state index in [-0.39, 0.29) is 36.2 Å². The second kappa shape index (κ2) is 7.98. The molecule has 4 atom stereocenters. The number of nitrogens with one attached hydrogen (secondary N) is 1. The highest BCUT2D eigenvalue weighted by molar-refractivity contribution is 7.85. The minimum absolute atomic E-state index is 0.0360. The normalized spacial score (nSPS) is 26.4. The van der Waals surface area contributed by atoms with Crippen molar-refractivity contribution in [3.05, 3.63) is 65.2 Å². The smallest absolute Gasteiger partial charge is 0.264 e. The fraction of sp³-hybridized carbons (Fsp3) is 0.500. The zero-order chi connectivity index (χ0) is 21.5. The Morgan fingerprint density at radius 2 is 1.83 bits per heavy atom. The Labute approximate surface area is 179 Å². The molecule has 2 aromatic carbocycles. The average molecular weight is 430 g/mol. The van der Waals surface area contributed by atoms with Gasteiger partial charge in [-0.2, -0.15) is 8.42 Å². The second-order valence-corrected chi connectivity index (χ2v) is 11.1. The molecule has 0 aliphatic carbocycles. The van der Waals surface area contributed by atoms with Crippen LogP contribution in [-0.4, -0.2) is 27.4 Å². The van der Waals surface area contributed by atoms with E-state index in [1.807, 2.05) is 6.07 Å². The molecule has 4 rings (SSSR count). The highest BCUT2D eigenvalue weighted by Crippen LogP contribution is 2.51. The molecule has 1 saturated heterocycles. The van der Waals surface area contributed by atoms with Crippen LogP contribution in [-0.2, 0) is 24.5 Å². The van der Waals surface area contributed by atoms with Gasteiger partial charge in [-0.05, 0) is 35.4 Å². The van der Waals surface area contributed by atoms with Gasteiger partial charge in [0.05, 0.1) is 31.1 Å². The summed E-state index contributed by atoms with van der Waals surface area (Å²) in [6.07, 6.45) is 2.46. The topological polar surface area (TPSA) is 64.6 Å². The van der Waals surface area contributed by atoms with Gasteiger partial charge in [-0.1, -0.05) is 63.2 Å². The quantitative estimate of drug-likeness (QED) is 0.696. The number of hydrogen-bond acceptors (Lipinski definition) is 5. The molecule has 2 aromatic rings. The van der Waals surface area contributed by atoms with Crippen molar-refractivity contribution in [2.75, 3.05) is 18.2 Å². The van der Waals surface area contributed by atoms with Crippen LogP contribution >= 0.6 is 0 Å². The first-order chi connectivity index (χ1) is 14.1. The Bertz CT molecular complexity index is 998. The molecular weight excluding hydrogens is 398 g/mol. The van der Waals surface area contributed by atoms with Crippen LogP contribution in [0.1, 0.15) is 62.4 Å². The van der Waals surface area contributed by atoms with Crippen LogP contribution in [0.4, 0.5) is 5.69 Å². The van der Waals surface area contributed by atoms with E-state index in [0.29, 0.717) is 0 Å². The summed E-state index contributed by atoms with van der Waals surface area (Å²) in [7, 11) is -3.49. The Morgan fingerprint density at radius 3 is 2.50 bits per heavy atom. The van der Waals surface area contributed by atoms with Crippen molar-refractivity contribution in [1.82, 2.24) is 0 Å². The van der Waals surface area contributed by atoms with Gasteiger partial charge < -0.3 is 10.1 Å². The first-order valence-electron chi connectivity index (χ1n) is 10.6. The molecule has 0 unspecified atom stereocenters. The molecule has 5 nitrogen and oxygen atoms in total. The summed E-state index contributed by atoms with van der Waals surface area (Å²) < 4.78 is 34.5. The highest BCUT2D eigenvalue weighted by atomic mass is 32.2. The summed E-state index contributed by atoms with van der Waals surface area (Å²) in [5.41, 5.74) is 4.78. The van der Waals surface area contributed by atoms with E-state index in [9.17, 15) is 8.42 Å². The maximum Gasteiger partial charge on any atom is 0.264 e. The monoisotopic (exact) mass is 429 g/mol. The summed E-state index contributed by atoms with van der Waals surface area (Å²) in [6.45, 7) is 6.69. The van der Waals surface area contributed by atoms with Gasteiger partial charge >= 0.3 is 0 Å². The lowest BCUT2D eigenvalue weighted by Gasteiger charge is -2.46. The zero-order valence-corrected chi connectivity index (χ0v) is 18.9. The average Bonchev–Trinajstić information content (AvgIpc) is 2.70. The number of anilines is 1. The molecule has 0 aromatic heterocycles. The van der Waals surface area contributed by atoms with Gasteiger partial charge in [0, 0.05) is 17.2 Å². The number of fused-ring (bicyclic) bond motifs is 3. The summed E-state index contributed by atoms with van der Waals surface area (Å²) in [5, 5.41) is 3.76. The van der Waals surface area contributed by atoms with Gasteiger partial charge in [0.2, 0.25) is 0 Å². The first-order valence-corrected chi connectivity index (χ1v) is 12.4. The third-order valence-electron chi connectivity index (χ3n) is 6.14. The molecule has 30 heavy (non-hydrogen) atoms. The van der Waals surface area contributed by atoms with Gasteiger partial charge in [0.15, 0.2) is 0 Å². The van der Waals surface area contributed by atoms with Gasteiger partial charge in [-0.15, -0.1) is 0 Å². The minimum Gasteiger partial charge on any atom is -0.378 e. The maximum atomic E-state index is 11.5. The molecule has 1 fully saturated rings. The third kappa shape index (κ3) is 4.56. The number of rotatable bonds is 4. The van der Waals surface area contributed by atoms with Crippen LogP contribution in [0, 0.1) is 5.92 Å². The molecular formula is C24H31NO4S. The number of benzene rings is 2. The van der Waals surface area contributed by atoms with Crippen molar-refractivity contribution in [3.63, 3.8) is 0 Å². The molecule has 0 spiro atoms. The molecule has 2 aliphatic heterocycles. The van der Waals surface area contributed by atoms with E-state index in [1.165, 1.54) is 11.1 Å². The van der Waals surface area contributed by atoms with Crippen LogP contribution in [0.3, 0.4) is 0 Å². The molecule has 1 N–H and O–H groups in total. The lowest BCUT2D eigenvalue weighted by molar-refractivity contribution is -0.106. The predicted molar refractivity (Wildman–Crippen MR) is 119 cm³/mol. The van der Waals surface area contributed by atoms with Gasteiger partial charge in [0.1, 0.15) is 0 Å². The van der Waals surface area contributed by atoms with Crippen molar-refractivity contribution >= 4 is 15.8 Å². The van der Waals surface area contributed by atoms with E-state index in [2.05, 4.69) is 68.6 Å². The van der Waals surface area contributed by atoms with E-state index < -0.39 is 10.1 Å². The molecule has 0 saturated carbocycles. The molecule has 6 heteroatoms. The Hall–Kier alpha value is -1.89. The molecule has 0 radical (unpaired) electrons. The van der Waals surface area contributed by atoms with Crippen molar-refractivity contribution in [2.45, 2.75) is 57.3 Å². The van der Waals surface area contributed by atoms with Crippen LogP contribution < -0.4 is 5.32 Å². The fourth-order valence-corrected chi connectivity index (χ4v) is 4.93. The van der Waals surface area contributed by atoms with E-state index in [4.69, 9.17) is 8.92 Å². The van der Waals surface area contributed by atoms with Gasteiger partial charge in [0.25, 0.3) is 10.1 Å². The maximum absolute atomic E-state index is 11.5. The largest absolute Gasteiger partial charge is 0.378 e. The molecule has 2 aliphatic rings. The number of ether oxygens (including phenoxy) is 1. The van der Waals surface area contributed by atoms with Crippen molar-refractivity contribution < 1.29 is 17.3 Å². The molecule has 0 amide bonds. The SMILES string of the molecule is CC(C)(C)c1ccc2c(c1)[C@H]1O[C@@H](COS(C)(=O)=O)CC[C@H]1[C@H](c1ccccc1)N2. The first kappa shape index (κ1) is 21.3. The number of hydrogen-bond donors (Lipinski definition) is 1. The van der Waals surface area contributed by atoms with Crippen LogP contribution in [0.25, 0.3) is 0 Å². The van der Waals surface area contributed by atoms with E-state index in [1.54, 1.807) is 0 Å². The van der Waals surface area contributed by atoms with Gasteiger partial charge in [-0.25, -0.2) is 0 Å². The van der Waals surface area contributed by atoms with Crippen molar-refractivity contribution in [1.29, 1.82) is 0 Å². The Morgan fingerprint density at radius 1 is 1.10 bits per heavy atom. The van der Waals surface area contributed by atoms with Gasteiger partial charge in [-0.3, -0.25) is 4.18 Å². The fourth-order valence-electron chi connectivity index (χ4n) is 4.54. The third-order valence-corrected chi connectivity index (χ3v) is 6.70.